The maximum atomic E-state index is 10.9. The van der Waals surface area contributed by atoms with Crippen molar-refractivity contribution in [2.24, 2.45) is 59.2 Å². The first-order valence-electron chi connectivity index (χ1n) is 18.6. The fourth-order valence-electron chi connectivity index (χ4n) is 8.18. The molecule has 0 heterocycles. The quantitative estimate of drug-likeness (QED) is 0.110. The van der Waals surface area contributed by atoms with E-state index in [0.717, 1.165) is 59.7 Å². The van der Waals surface area contributed by atoms with Gasteiger partial charge in [-0.05, 0) is 84.9 Å². The van der Waals surface area contributed by atoms with Crippen molar-refractivity contribution in [3.05, 3.63) is 0 Å². The van der Waals surface area contributed by atoms with Crippen LogP contribution in [0.2, 0.25) is 0 Å². The maximum absolute atomic E-state index is 10.9. The molecule has 2 nitrogen and oxygen atoms in total. The van der Waals surface area contributed by atoms with Crippen molar-refractivity contribution in [1.29, 1.82) is 0 Å². The summed E-state index contributed by atoms with van der Waals surface area (Å²) in [5, 5.41) is 8.95. The van der Waals surface area contributed by atoms with E-state index in [0.29, 0.717) is 12.3 Å². The number of hydrogen-bond donors (Lipinski definition) is 1. The lowest BCUT2D eigenvalue weighted by Crippen LogP contribution is -2.13. The van der Waals surface area contributed by atoms with Crippen LogP contribution < -0.4 is 0 Å². The Morgan fingerprint density at radius 2 is 1.34 bits per heavy atom. The van der Waals surface area contributed by atoms with Crippen LogP contribution in [-0.2, 0) is 4.79 Å². The predicted octanol–water partition coefficient (Wildman–Crippen LogP) is 12.8. The molecule has 1 aliphatic carbocycles. The van der Waals surface area contributed by atoms with E-state index >= 15 is 0 Å². The Kier molecular flexibility index (Phi) is 20.7. The molecular formula is C39H76O2. The van der Waals surface area contributed by atoms with E-state index in [2.05, 4.69) is 62.3 Å². The number of carbonyl (C=O) groups is 1. The fourth-order valence-corrected chi connectivity index (χ4v) is 8.18. The van der Waals surface area contributed by atoms with Crippen LogP contribution in [0.5, 0.6) is 0 Å². The van der Waals surface area contributed by atoms with Gasteiger partial charge in [0, 0.05) is 6.42 Å². The normalized spacial score (nSPS) is 22.8. The minimum Gasteiger partial charge on any atom is -0.481 e. The zero-order valence-corrected chi connectivity index (χ0v) is 29.6. The molecule has 0 amide bonds. The van der Waals surface area contributed by atoms with E-state index in [-0.39, 0.29) is 0 Å². The highest BCUT2D eigenvalue weighted by Crippen LogP contribution is 2.40. The Balaban J connectivity index is 2.13. The highest BCUT2D eigenvalue weighted by Gasteiger charge is 2.28. The van der Waals surface area contributed by atoms with Crippen LogP contribution >= 0.6 is 0 Å². The minimum absolute atomic E-state index is 0.309. The van der Waals surface area contributed by atoms with Gasteiger partial charge in [0.15, 0.2) is 0 Å². The first kappa shape index (κ1) is 38.5. The molecule has 0 aliphatic heterocycles. The summed E-state index contributed by atoms with van der Waals surface area (Å²) in [5.74, 6) is 7.67. The standard InChI is InChI=1S/C39H76O2/c1-10-36(19-11-12-20-37-23-24-38(28-37)35(9)25-29(2)3)22-21-30(4)15-14-18-33(7)34(8)26-31(5)16-13-17-32(6)27-39(40)41/h29-38H,10-28H2,1-9H3,(H,40,41). The van der Waals surface area contributed by atoms with E-state index in [1.807, 2.05) is 0 Å². The van der Waals surface area contributed by atoms with Gasteiger partial charge in [0.25, 0.3) is 0 Å². The van der Waals surface area contributed by atoms with E-state index in [4.69, 9.17) is 5.11 Å². The van der Waals surface area contributed by atoms with Crippen LogP contribution in [-0.4, -0.2) is 11.1 Å². The smallest absolute Gasteiger partial charge is 0.303 e. The van der Waals surface area contributed by atoms with Gasteiger partial charge in [-0.15, -0.1) is 0 Å². The molecule has 0 bridgehead atoms. The number of unbranched alkanes of at least 4 members (excludes halogenated alkanes) is 1. The number of carboxylic acids is 1. The molecule has 0 aromatic carbocycles. The Hall–Kier alpha value is -0.530. The largest absolute Gasteiger partial charge is 0.481 e. The molecule has 0 spiro atoms. The summed E-state index contributed by atoms with van der Waals surface area (Å²) < 4.78 is 0. The number of hydrogen-bond acceptors (Lipinski definition) is 1. The number of rotatable bonds is 25. The van der Waals surface area contributed by atoms with E-state index in [1.165, 1.54) is 109 Å². The van der Waals surface area contributed by atoms with Crippen molar-refractivity contribution in [3.8, 4) is 0 Å². The van der Waals surface area contributed by atoms with Crippen molar-refractivity contribution >= 4 is 5.97 Å². The average molecular weight is 577 g/mol. The summed E-state index contributed by atoms with van der Waals surface area (Å²) >= 11 is 0. The van der Waals surface area contributed by atoms with Crippen molar-refractivity contribution in [3.63, 3.8) is 0 Å². The predicted molar refractivity (Wildman–Crippen MR) is 181 cm³/mol. The van der Waals surface area contributed by atoms with Crippen LogP contribution in [0.15, 0.2) is 0 Å². The van der Waals surface area contributed by atoms with Gasteiger partial charge < -0.3 is 5.11 Å². The highest BCUT2D eigenvalue weighted by atomic mass is 16.4. The molecule has 1 aliphatic rings. The van der Waals surface area contributed by atoms with Gasteiger partial charge in [-0.1, -0.05) is 152 Å². The summed E-state index contributed by atoms with van der Waals surface area (Å²) in [7, 11) is 0. The Labute approximate surface area is 259 Å². The molecule has 1 fully saturated rings. The molecule has 9 atom stereocenters. The van der Waals surface area contributed by atoms with Gasteiger partial charge >= 0.3 is 5.97 Å². The molecule has 41 heavy (non-hydrogen) atoms. The Morgan fingerprint density at radius 3 is 2.00 bits per heavy atom. The molecule has 1 saturated carbocycles. The second-order valence-corrected chi connectivity index (χ2v) is 16.1. The van der Waals surface area contributed by atoms with Gasteiger partial charge in [-0.25, -0.2) is 0 Å². The first-order chi connectivity index (χ1) is 19.4. The van der Waals surface area contributed by atoms with Crippen LogP contribution in [0.3, 0.4) is 0 Å². The number of aliphatic carboxylic acids is 1. The summed E-state index contributed by atoms with van der Waals surface area (Å²) in [6.07, 6.45) is 25.4. The molecule has 0 aromatic heterocycles. The molecule has 1 rings (SSSR count). The summed E-state index contributed by atoms with van der Waals surface area (Å²) in [6.45, 7) is 21.6. The van der Waals surface area contributed by atoms with Crippen molar-refractivity contribution in [1.82, 2.24) is 0 Å². The lowest BCUT2D eigenvalue weighted by atomic mass is 9.82. The molecule has 1 N–H and O–H groups in total. The van der Waals surface area contributed by atoms with E-state index < -0.39 is 5.97 Å². The maximum Gasteiger partial charge on any atom is 0.303 e. The Bertz CT molecular complexity index is 641. The fraction of sp³-hybridized carbons (Fsp3) is 0.974. The second kappa shape index (κ2) is 22.0. The summed E-state index contributed by atoms with van der Waals surface area (Å²) in [6, 6.07) is 0. The molecule has 0 saturated heterocycles. The SMILES string of the molecule is CCC(CCCCC1CCC(C(C)CC(C)C)C1)CCC(C)CCCC(C)C(C)CC(C)CCCC(C)CC(=O)O. The monoisotopic (exact) mass is 577 g/mol. The van der Waals surface area contributed by atoms with E-state index in [1.54, 1.807) is 0 Å². The molecular weight excluding hydrogens is 500 g/mol. The first-order valence-corrected chi connectivity index (χ1v) is 18.6. The summed E-state index contributed by atoms with van der Waals surface area (Å²) in [4.78, 5) is 10.9. The highest BCUT2D eigenvalue weighted by molar-refractivity contribution is 5.66. The van der Waals surface area contributed by atoms with Crippen molar-refractivity contribution < 1.29 is 9.90 Å². The van der Waals surface area contributed by atoms with Crippen LogP contribution in [0.25, 0.3) is 0 Å². The third-order valence-electron chi connectivity index (χ3n) is 11.4. The zero-order chi connectivity index (χ0) is 30.8. The van der Waals surface area contributed by atoms with Gasteiger partial charge in [-0.2, -0.15) is 0 Å². The average Bonchev–Trinajstić information content (AvgIpc) is 3.36. The molecule has 0 radical (unpaired) electrons. The topological polar surface area (TPSA) is 37.3 Å². The van der Waals surface area contributed by atoms with Gasteiger partial charge in [0.05, 0.1) is 0 Å². The van der Waals surface area contributed by atoms with Crippen LogP contribution in [0.1, 0.15) is 184 Å². The Morgan fingerprint density at radius 1 is 0.683 bits per heavy atom. The molecule has 2 heteroatoms. The van der Waals surface area contributed by atoms with E-state index in [9.17, 15) is 4.79 Å². The summed E-state index contributed by atoms with van der Waals surface area (Å²) in [5.41, 5.74) is 0. The second-order valence-electron chi connectivity index (χ2n) is 16.1. The third-order valence-corrected chi connectivity index (χ3v) is 11.4. The van der Waals surface area contributed by atoms with Gasteiger partial charge in [-0.3, -0.25) is 4.79 Å². The zero-order valence-electron chi connectivity index (χ0n) is 29.6. The van der Waals surface area contributed by atoms with Gasteiger partial charge in [0.2, 0.25) is 0 Å². The van der Waals surface area contributed by atoms with Crippen LogP contribution in [0.4, 0.5) is 0 Å². The lowest BCUT2D eigenvalue weighted by molar-refractivity contribution is -0.138. The minimum atomic E-state index is -0.655. The number of carboxylic acid groups (broad SMARTS) is 1. The lowest BCUT2D eigenvalue weighted by Gasteiger charge is -2.24. The van der Waals surface area contributed by atoms with Gasteiger partial charge in [0.1, 0.15) is 0 Å². The molecule has 244 valence electrons. The third kappa shape index (κ3) is 18.7. The van der Waals surface area contributed by atoms with Crippen molar-refractivity contribution in [2.45, 2.75) is 184 Å². The van der Waals surface area contributed by atoms with Crippen molar-refractivity contribution in [2.75, 3.05) is 0 Å². The molecule has 0 aromatic rings. The molecule has 9 unspecified atom stereocenters. The van der Waals surface area contributed by atoms with Crippen LogP contribution in [0, 0.1) is 59.2 Å².